The monoisotopic (exact) mass is 507 g/mol. The summed E-state index contributed by atoms with van der Waals surface area (Å²) in [5.74, 6) is 1.45. The van der Waals surface area contributed by atoms with Crippen LogP contribution in [-0.4, -0.2) is 72.7 Å². The van der Waals surface area contributed by atoms with E-state index in [0.29, 0.717) is 12.0 Å². The van der Waals surface area contributed by atoms with E-state index in [1.165, 1.54) is 43.2 Å². The zero-order chi connectivity index (χ0) is 24.9. The molecule has 2 fully saturated rings. The molecule has 2 aliphatic rings. The summed E-state index contributed by atoms with van der Waals surface area (Å²) < 4.78 is 5.81. The third-order valence-corrected chi connectivity index (χ3v) is 9.15. The smallest absolute Gasteiger partial charge is 0.144 e. The maximum Gasteiger partial charge on any atom is 0.144 e. The highest BCUT2D eigenvalue weighted by Gasteiger charge is 2.28. The third kappa shape index (κ3) is 5.53. The number of anilines is 1. The van der Waals surface area contributed by atoms with Crippen LogP contribution in [0.4, 0.5) is 5.69 Å². The summed E-state index contributed by atoms with van der Waals surface area (Å²) in [7, 11) is 1.77. The first kappa shape index (κ1) is 25.4. The van der Waals surface area contributed by atoms with Gasteiger partial charge in [0.25, 0.3) is 0 Å². The summed E-state index contributed by atoms with van der Waals surface area (Å²) in [4.78, 5) is 17.8. The van der Waals surface area contributed by atoms with E-state index in [1.807, 2.05) is 23.6 Å². The zero-order valence-corrected chi connectivity index (χ0v) is 23.0. The maximum atomic E-state index is 5.81. The van der Waals surface area contributed by atoms with E-state index in [9.17, 15) is 0 Å². The van der Waals surface area contributed by atoms with Crippen LogP contribution >= 0.6 is 11.3 Å². The molecule has 3 aromatic rings. The van der Waals surface area contributed by atoms with Crippen LogP contribution in [-0.2, 0) is 0 Å². The van der Waals surface area contributed by atoms with Gasteiger partial charge in [0.1, 0.15) is 11.4 Å². The van der Waals surface area contributed by atoms with Gasteiger partial charge in [-0.25, -0.2) is 4.98 Å². The number of ether oxygens (including phenoxy) is 1. The van der Waals surface area contributed by atoms with Crippen molar-refractivity contribution >= 4 is 27.9 Å². The van der Waals surface area contributed by atoms with Gasteiger partial charge in [-0.3, -0.25) is 9.88 Å². The average Bonchev–Trinajstić information content (AvgIpc) is 3.56. The normalized spacial score (nSPS) is 19.5. The molecular formula is C29H41N5OS. The number of nitrogens with zero attached hydrogens (tertiary/aromatic N) is 5. The Balaban J connectivity index is 1.37. The van der Waals surface area contributed by atoms with Crippen LogP contribution in [0.3, 0.4) is 0 Å². The Kier molecular flexibility index (Phi) is 8.40. The molecule has 2 saturated heterocycles. The number of benzene rings is 1. The van der Waals surface area contributed by atoms with E-state index in [2.05, 4.69) is 52.1 Å². The van der Waals surface area contributed by atoms with E-state index in [-0.39, 0.29) is 0 Å². The van der Waals surface area contributed by atoms with Crippen LogP contribution in [0.15, 0.2) is 35.8 Å². The van der Waals surface area contributed by atoms with Crippen molar-refractivity contribution in [2.45, 2.75) is 57.9 Å². The van der Waals surface area contributed by atoms with E-state index >= 15 is 0 Å². The third-order valence-electron chi connectivity index (χ3n) is 8.05. The molecule has 2 atom stereocenters. The second-order valence-corrected chi connectivity index (χ2v) is 11.2. The van der Waals surface area contributed by atoms with Crippen molar-refractivity contribution in [2.24, 2.45) is 0 Å². The van der Waals surface area contributed by atoms with Crippen LogP contribution in [0.5, 0.6) is 5.75 Å². The minimum absolute atomic E-state index is 0.382. The summed E-state index contributed by atoms with van der Waals surface area (Å²) in [5.41, 5.74) is 3.46. The first-order chi connectivity index (χ1) is 17.7. The lowest BCUT2D eigenvalue weighted by atomic mass is 10.1. The number of rotatable bonds is 9. The maximum absolute atomic E-state index is 5.81. The van der Waals surface area contributed by atoms with Crippen LogP contribution in [0.2, 0.25) is 0 Å². The molecule has 0 aliphatic carbocycles. The predicted octanol–water partition coefficient (Wildman–Crippen LogP) is 5.95. The van der Waals surface area contributed by atoms with Crippen molar-refractivity contribution < 1.29 is 4.74 Å². The van der Waals surface area contributed by atoms with Gasteiger partial charge in [0.2, 0.25) is 0 Å². The quantitative estimate of drug-likeness (QED) is 0.356. The minimum Gasteiger partial charge on any atom is -0.494 e. The Morgan fingerprint density at radius 2 is 1.89 bits per heavy atom. The van der Waals surface area contributed by atoms with Crippen molar-refractivity contribution in [1.82, 2.24) is 19.8 Å². The zero-order valence-electron chi connectivity index (χ0n) is 22.2. The number of hydrogen-bond donors (Lipinski definition) is 0. The number of methoxy groups -OCH3 is 1. The number of hydrogen-bond acceptors (Lipinski definition) is 7. The molecule has 36 heavy (non-hydrogen) atoms. The number of thiazole rings is 1. The number of aromatic nitrogens is 2. The molecule has 0 radical (unpaired) electrons. The largest absolute Gasteiger partial charge is 0.494 e. The fourth-order valence-corrected chi connectivity index (χ4v) is 6.75. The van der Waals surface area contributed by atoms with Gasteiger partial charge in [0.15, 0.2) is 0 Å². The van der Waals surface area contributed by atoms with Gasteiger partial charge < -0.3 is 14.5 Å². The van der Waals surface area contributed by atoms with E-state index in [1.54, 1.807) is 7.11 Å². The molecular weight excluding hydrogens is 466 g/mol. The van der Waals surface area contributed by atoms with Gasteiger partial charge >= 0.3 is 0 Å². The van der Waals surface area contributed by atoms with Gasteiger partial charge in [-0.1, -0.05) is 19.9 Å². The lowest BCUT2D eigenvalue weighted by Gasteiger charge is -2.31. The van der Waals surface area contributed by atoms with Crippen LogP contribution in [0.25, 0.3) is 10.9 Å². The minimum atomic E-state index is 0.382. The number of likely N-dealkylation sites (tertiary alicyclic amines) is 1. The highest BCUT2D eigenvalue weighted by molar-refractivity contribution is 7.09. The first-order valence-corrected chi connectivity index (χ1v) is 14.6. The summed E-state index contributed by atoms with van der Waals surface area (Å²) in [5, 5.41) is 4.80. The summed E-state index contributed by atoms with van der Waals surface area (Å²) in [6.07, 6.45) is 8.00. The summed E-state index contributed by atoms with van der Waals surface area (Å²) in [6, 6.07) is 8.73. The molecule has 0 spiro atoms. The highest BCUT2D eigenvalue weighted by atomic mass is 32.1. The molecule has 194 valence electrons. The van der Waals surface area contributed by atoms with E-state index in [0.717, 1.165) is 67.8 Å². The molecule has 5 rings (SSSR count). The molecule has 2 aromatic heterocycles. The Bertz CT molecular complexity index is 1130. The van der Waals surface area contributed by atoms with Crippen molar-refractivity contribution in [2.75, 3.05) is 57.8 Å². The van der Waals surface area contributed by atoms with Gasteiger partial charge in [0.05, 0.1) is 29.4 Å². The van der Waals surface area contributed by atoms with Crippen molar-refractivity contribution in [1.29, 1.82) is 0 Å². The average molecular weight is 508 g/mol. The fourth-order valence-electron chi connectivity index (χ4n) is 5.74. The standard InChI is InChI=1S/C29H41N5OS/c1-4-22(2)29-31-24(21-36-29)25(12-18-32-14-5-6-15-32)33-16-8-17-34(20-19-33)28-26(35-3)11-10-23-9-7-13-30-27(23)28/h7,9-11,13,21-22,25H,4-6,8,12,14-20H2,1-3H3. The van der Waals surface area contributed by atoms with Gasteiger partial charge in [-0.15, -0.1) is 11.3 Å². The molecule has 0 amide bonds. The summed E-state index contributed by atoms with van der Waals surface area (Å²) >= 11 is 1.86. The molecule has 6 nitrogen and oxygen atoms in total. The lowest BCUT2D eigenvalue weighted by Crippen LogP contribution is -2.36. The Hall–Kier alpha value is -2.22. The molecule has 2 unspecified atom stereocenters. The van der Waals surface area contributed by atoms with Crippen molar-refractivity contribution in [3.05, 3.63) is 46.5 Å². The fraction of sp³-hybridized carbons (Fsp3) is 0.586. The van der Waals surface area contributed by atoms with Crippen LogP contribution in [0.1, 0.15) is 68.6 Å². The highest BCUT2D eigenvalue weighted by Crippen LogP contribution is 2.37. The molecule has 1 aromatic carbocycles. The van der Waals surface area contributed by atoms with Gasteiger partial charge in [0, 0.05) is 55.6 Å². The molecule has 0 bridgehead atoms. The first-order valence-electron chi connectivity index (χ1n) is 13.8. The Morgan fingerprint density at radius 1 is 1.03 bits per heavy atom. The molecule has 0 N–H and O–H groups in total. The molecule has 4 heterocycles. The second-order valence-electron chi connectivity index (χ2n) is 10.3. The SMILES string of the molecule is CCC(C)c1nc(C(CCN2CCCC2)N2CCCN(c3c(OC)ccc4cccnc34)CC2)cs1. The lowest BCUT2D eigenvalue weighted by molar-refractivity contribution is 0.178. The topological polar surface area (TPSA) is 44.7 Å². The molecule has 7 heteroatoms. The number of fused-ring (bicyclic) bond motifs is 1. The van der Waals surface area contributed by atoms with Crippen molar-refractivity contribution in [3.8, 4) is 5.75 Å². The van der Waals surface area contributed by atoms with E-state index < -0.39 is 0 Å². The Labute approximate surface area is 220 Å². The van der Waals surface area contributed by atoms with E-state index in [4.69, 9.17) is 14.7 Å². The number of pyridine rings is 1. The Morgan fingerprint density at radius 3 is 2.69 bits per heavy atom. The van der Waals surface area contributed by atoms with Crippen LogP contribution < -0.4 is 9.64 Å². The predicted molar refractivity (Wildman–Crippen MR) is 151 cm³/mol. The van der Waals surface area contributed by atoms with Crippen molar-refractivity contribution in [3.63, 3.8) is 0 Å². The summed E-state index contributed by atoms with van der Waals surface area (Å²) in [6.45, 7) is 12.3. The van der Waals surface area contributed by atoms with Gasteiger partial charge in [-0.05, 0) is 63.4 Å². The van der Waals surface area contributed by atoms with Crippen LogP contribution in [0, 0.1) is 0 Å². The molecule has 0 saturated carbocycles. The molecule has 2 aliphatic heterocycles. The second kappa shape index (κ2) is 11.9. The van der Waals surface area contributed by atoms with Gasteiger partial charge in [-0.2, -0.15) is 0 Å².